The Bertz CT molecular complexity index is 421. The van der Waals surface area contributed by atoms with E-state index < -0.39 is 5.97 Å². The van der Waals surface area contributed by atoms with Crippen molar-refractivity contribution in [3.63, 3.8) is 0 Å². The minimum Gasteiger partial charge on any atom is -0.507 e. The van der Waals surface area contributed by atoms with Crippen LogP contribution in [0.25, 0.3) is 0 Å². The normalized spacial score (nSPS) is 9.43. The topological polar surface area (TPSA) is 107 Å². The zero-order valence-corrected chi connectivity index (χ0v) is 7.19. The molecule has 0 heterocycles. The fourth-order valence-corrected chi connectivity index (χ4v) is 1.09. The lowest BCUT2D eigenvalue weighted by Crippen LogP contribution is -2.07. The van der Waals surface area contributed by atoms with Crippen LogP contribution in [0.15, 0.2) is 12.1 Å². The Morgan fingerprint density at radius 2 is 2.21 bits per heavy atom. The molecule has 72 valence electrons. The molecule has 0 aliphatic carbocycles. The average molecular weight is 192 g/mol. The van der Waals surface area contributed by atoms with Crippen LogP contribution in [0.4, 0.5) is 0 Å². The highest BCUT2D eigenvalue weighted by molar-refractivity contribution is 5.90. The van der Waals surface area contributed by atoms with Crippen molar-refractivity contribution in [1.82, 2.24) is 0 Å². The molecule has 0 aliphatic heterocycles. The molecule has 0 saturated carbocycles. The number of aromatic hydroxyl groups is 1. The summed E-state index contributed by atoms with van der Waals surface area (Å²) in [6, 6.07) is 4.00. The number of rotatable bonds is 2. The Morgan fingerprint density at radius 1 is 1.57 bits per heavy atom. The molecule has 0 aromatic heterocycles. The number of nitrogens with zero attached hydrogens (tertiary/aromatic N) is 1. The van der Waals surface area contributed by atoms with Crippen LogP contribution < -0.4 is 5.73 Å². The third-order valence-electron chi connectivity index (χ3n) is 1.79. The molecule has 0 amide bonds. The highest BCUT2D eigenvalue weighted by atomic mass is 16.4. The first-order chi connectivity index (χ1) is 6.60. The summed E-state index contributed by atoms with van der Waals surface area (Å²) < 4.78 is 0. The number of carbonyl (C=O) groups is 1. The van der Waals surface area contributed by atoms with E-state index in [0.29, 0.717) is 5.56 Å². The number of aromatic carboxylic acids is 1. The Hall–Kier alpha value is -2.06. The zero-order valence-electron chi connectivity index (χ0n) is 7.19. The van der Waals surface area contributed by atoms with E-state index in [2.05, 4.69) is 0 Å². The molecule has 5 heteroatoms. The molecule has 0 fully saturated rings. The summed E-state index contributed by atoms with van der Waals surface area (Å²) in [5.41, 5.74) is 5.47. The van der Waals surface area contributed by atoms with Gasteiger partial charge in [0.15, 0.2) is 0 Å². The van der Waals surface area contributed by atoms with E-state index in [1.807, 2.05) is 0 Å². The lowest BCUT2D eigenvalue weighted by molar-refractivity contribution is 0.0695. The number of nitriles is 1. The maximum atomic E-state index is 10.7. The summed E-state index contributed by atoms with van der Waals surface area (Å²) in [6.07, 6.45) is 0. The maximum absolute atomic E-state index is 10.7. The smallest absolute Gasteiger partial charge is 0.336 e. The Balaban J connectivity index is 3.42. The van der Waals surface area contributed by atoms with Crippen molar-refractivity contribution >= 4 is 5.97 Å². The predicted octanol–water partition coefficient (Wildman–Crippen LogP) is 0.421. The molecular weight excluding hydrogens is 184 g/mol. The zero-order chi connectivity index (χ0) is 10.7. The lowest BCUT2D eigenvalue weighted by atomic mass is 10.0. The highest BCUT2D eigenvalue weighted by Gasteiger charge is 2.13. The van der Waals surface area contributed by atoms with Gasteiger partial charge in [-0.05, 0) is 17.7 Å². The first-order valence-corrected chi connectivity index (χ1v) is 3.79. The molecule has 14 heavy (non-hydrogen) atoms. The van der Waals surface area contributed by atoms with Gasteiger partial charge in [-0.3, -0.25) is 0 Å². The van der Waals surface area contributed by atoms with E-state index in [0.717, 1.165) is 6.07 Å². The Kier molecular flexibility index (Phi) is 2.70. The summed E-state index contributed by atoms with van der Waals surface area (Å²) in [4.78, 5) is 10.7. The number of benzene rings is 1. The van der Waals surface area contributed by atoms with Crippen LogP contribution in [0.3, 0.4) is 0 Å². The highest BCUT2D eigenvalue weighted by Crippen LogP contribution is 2.21. The molecule has 5 nitrogen and oxygen atoms in total. The van der Waals surface area contributed by atoms with Crippen molar-refractivity contribution < 1.29 is 15.0 Å². The fourth-order valence-electron chi connectivity index (χ4n) is 1.09. The first-order valence-electron chi connectivity index (χ1n) is 3.79. The second-order valence-electron chi connectivity index (χ2n) is 2.65. The molecule has 0 aliphatic rings. The molecule has 0 bridgehead atoms. The molecule has 1 rings (SSSR count). The van der Waals surface area contributed by atoms with Crippen LogP contribution in [-0.4, -0.2) is 16.2 Å². The summed E-state index contributed by atoms with van der Waals surface area (Å²) >= 11 is 0. The molecule has 4 N–H and O–H groups in total. The average Bonchev–Trinajstić information content (AvgIpc) is 2.16. The first kappa shape index (κ1) is 10.0. The van der Waals surface area contributed by atoms with E-state index in [1.54, 1.807) is 6.07 Å². The molecule has 0 unspecified atom stereocenters. The van der Waals surface area contributed by atoms with E-state index >= 15 is 0 Å². The standard InChI is InChI=1S/C9H8N2O3/c10-3-5-2-8(12)6(4-11)1-7(5)9(13)14/h1-2,12H,3,10H2,(H,13,14). The van der Waals surface area contributed by atoms with Crippen molar-refractivity contribution in [2.45, 2.75) is 6.54 Å². The molecule has 1 aromatic carbocycles. The van der Waals surface area contributed by atoms with Crippen LogP contribution >= 0.6 is 0 Å². The number of carboxylic acids is 1. The Morgan fingerprint density at radius 3 is 2.64 bits per heavy atom. The summed E-state index contributed by atoms with van der Waals surface area (Å²) in [5.74, 6) is -1.42. The predicted molar refractivity (Wildman–Crippen MR) is 47.7 cm³/mol. The fraction of sp³-hybridized carbons (Fsp3) is 0.111. The van der Waals surface area contributed by atoms with Gasteiger partial charge >= 0.3 is 5.97 Å². The van der Waals surface area contributed by atoms with Crippen molar-refractivity contribution in [3.8, 4) is 11.8 Å². The van der Waals surface area contributed by atoms with Crippen molar-refractivity contribution in [1.29, 1.82) is 5.26 Å². The van der Waals surface area contributed by atoms with E-state index in [4.69, 9.17) is 16.1 Å². The van der Waals surface area contributed by atoms with Gasteiger partial charge in [0, 0.05) is 6.54 Å². The van der Waals surface area contributed by atoms with E-state index in [1.165, 1.54) is 6.07 Å². The molecule has 0 atom stereocenters. The minimum atomic E-state index is -1.16. The van der Waals surface area contributed by atoms with Gasteiger partial charge in [-0.2, -0.15) is 5.26 Å². The van der Waals surface area contributed by atoms with Crippen LogP contribution in [0.1, 0.15) is 21.5 Å². The van der Waals surface area contributed by atoms with Crippen LogP contribution in [-0.2, 0) is 6.54 Å². The van der Waals surface area contributed by atoms with Crippen LogP contribution in [0.5, 0.6) is 5.75 Å². The Labute approximate surface area is 80.0 Å². The van der Waals surface area contributed by atoms with Gasteiger partial charge < -0.3 is 15.9 Å². The van der Waals surface area contributed by atoms with Gasteiger partial charge in [-0.25, -0.2) is 4.79 Å². The number of hydrogen-bond donors (Lipinski definition) is 3. The number of phenolic OH excluding ortho intramolecular Hbond substituents is 1. The van der Waals surface area contributed by atoms with Gasteiger partial charge in [0.2, 0.25) is 0 Å². The van der Waals surface area contributed by atoms with Gasteiger partial charge in [-0.15, -0.1) is 0 Å². The minimum absolute atomic E-state index is 0.000895. The van der Waals surface area contributed by atoms with Crippen LogP contribution in [0, 0.1) is 11.3 Å². The van der Waals surface area contributed by atoms with E-state index in [9.17, 15) is 9.90 Å². The third kappa shape index (κ3) is 1.65. The summed E-state index contributed by atoms with van der Waals surface area (Å²) in [7, 11) is 0. The van der Waals surface area contributed by atoms with Gasteiger partial charge in [0.25, 0.3) is 0 Å². The molecule has 1 aromatic rings. The maximum Gasteiger partial charge on any atom is 0.336 e. The van der Waals surface area contributed by atoms with Gasteiger partial charge in [0.05, 0.1) is 11.1 Å². The summed E-state index contributed by atoms with van der Waals surface area (Å²) in [6.45, 7) is 0.000895. The van der Waals surface area contributed by atoms with Gasteiger partial charge in [0.1, 0.15) is 11.8 Å². The van der Waals surface area contributed by atoms with Gasteiger partial charge in [-0.1, -0.05) is 0 Å². The van der Waals surface area contributed by atoms with Crippen LogP contribution in [0.2, 0.25) is 0 Å². The molecule has 0 saturated heterocycles. The molecular formula is C9H8N2O3. The monoisotopic (exact) mass is 192 g/mol. The number of phenols is 1. The number of nitrogens with two attached hydrogens (primary N) is 1. The molecule has 0 radical (unpaired) electrons. The van der Waals surface area contributed by atoms with Crippen molar-refractivity contribution in [2.24, 2.45) is 5.73 Å². The SMILES string of the molecule is N#Cc1cc(C(=O)O)c(CN)cc1O. The van der Waals surface area contributed by atoms with Crippen molar-refractivity contribution in [2.75, 3.05) is 0 Å². The summed E-state index contributed by atoms with van der Waals surface area (Å²) in [5, 5.41) is 26.6. The number of hydrogen-bond acceptors (Lipinski definition) is 4. The second-order valence-corrected chi connectivity index (χ2v) is 2.65. The number of carboxylic acid groups (broad SMARTS) is 1. The quantitative estimate of drug-likeness (QED) is 0.629. The van der Waals surface area contributed by atoms with E-state index in [-0.39, 0.29) is 23.4 Å². The van der Waals surface area contributed by atoms with Crippen molar-refractivity contribution in [3.05, 3.63) is 28.8 Å². The third-order valence-corrected chi connectivity index (χ3v) is 1.79. The largest absolute Gasteiger partial charge is 0.507 e. The second kappa shape index (κ2) is 3.77. The lowest BCUT2D eigenvalue weighted by Gasteiger charge is -2.05. The molecule has 0 spiro atoms.